The molecule has 0 amide bonds. The predicted molar refractivity (Wildman–Crippen MR) is 55.3 cm³/mol. The van der Waals surface area contributed by atoms with E-state index < -0.39 is 0 Å². The van der Waals surface area contributed by atoms with Crippen molar-refractivity contribution in [1.29, 1.82) is 0 Å². The monoisotopic (exact) mass is 197 g/mol. The van der Waals surface area contributed by atoms with Crippen LogP contribution in [0.25, 0.3) is 0 Å². The summed E-state index contributed by atoms with van der Waals surface area (Å²) in [7, 11) is 0. The second-order valence-corrected chi connectivity index (χ2v) is 4.80. The Hall–Kier alpha value is -0.640. The predicted octanol–water partition coefficient (Wildman–Crippen LogP) is 2.23. The SMILES string of the molecule is Cc1nnc(N2CCCCC2C)s1. The van der Waals surface area contributed by atoms with Crippen molar-refractivity contribution in [2.75, 3.05) is 11.4 Å². The highest BCUT2D eigenvalue weighted by Crippen LogP contribution is 2.26. The Morgan fingerprint density at radius 2 is 2.23 bits per heavy atom. The lowest BCUT2D eigenvalue weighted by Crippen LogP contribution is -2.37. The van der Waals surface area contributed by atoms with Crippen LogP contribution >= 0.6 is 11.3 Å². The number of aromatic nitrogens is 2. The van der Waals surface area contributed by atoms with Gasteiger partial charge in [0.1, 0.15) is 5.01 Å². The number of hydrogen-bond acceptors (Lipinski definition) is 4. The molecule has 2 heterocycles. The van der Waals surface area contributed by atoms with E-state index >= 15 is 0 Å². The highest BCUT2D eigenvalue weighted by Gasteiger charge is 2.20. The average Bonchev–Trinajstić information content (AvgIpc) is 2.53. The van der Waals surface area contributed by atoms with Crippen LogP contribution in [0.1, 0.15) is 31.2 Å². The van der Waals surface area contributed by atoms with Gasteiger partial charge in [0.2, 0.25) is 5.13 Å². The minimum absolute atomic E-state index is 0.640. The van der Waals surface area contributed by atoms with Crippen LogP contribution in [-0.2, 0) is 0 Å². The van der Waals surface area contributed by atoms with Crippen molar-refractivity contribution in [3.8, 4) is 0 Å². The fourth-order valence-corrected chi connectivity index (χ4v) is 2.60. The highest BCUT2D eigenvalue weighted by molar-refractivity contribution is 7.15. The Kier molecular flexibility index (Phi) is 2.49. The van der Waals surface area contributed by atoms with E-state index in [4.69, 9.17) is 0 Å². The summed E-state index contributed by atoms with van der Waals surface area (Å²) >= 11 is 1.70. The maximum absolute atomic E-state index is 4.18. The van der Waals surface area contributed by atoms with Crippen LogP contribution in [-0.4, -0.2) is 22.8 Å². The zero-order valence-electron chi connectivity index (χ0n) is 8.16. The molecular formula is C9H15N3S. The smallest absolute Gasteiger partial charge is 0.208 e. The molecular weight excluding hydrogens is 182 g/mol. The van der Waals surface area contributed by atoms with Gasteiger partial charge in [0.15, 0.2) is 0 Å². The fraction of sp³-hybridized carbons (Fsp3) is 0.778. The Balaban J connectivity index is 2.14. The molecule has 1 aromatic rings. The van der Waals surface area contributed by atoms with Gasteiger partial charge in [0, 0.05) is 12.6 Å². The minimum Gasteiger partial charge on any atom is -0.344 e. The van der Waals surface area contributed by atoms with E-state index in [0.717, 1.165) is 16.7 Å². The molecule has 0 saturated carbocycles. The highest BCUT2D eigenvalue weighted by atomic mass is 32.1. The molecule has 1 fully saturated rings. The summed E-state index contributed by atoms with van der Waals surface area (Å²) in [5.41, 5.74) is 0. The molecule has 1 unspecified atom stereocenters. The summed E-state index contributed by atoms with van der Waals surface area (Å²) in [6.07, 6.45) is 3.94. The molecule has 72 valence electrons. The van der Waals surface area contributed by atoms with Crippen molar-refractivity contribution in [1.82, 2.24) is 10.2 Å². The van der Waals surface area contributed by atoms with E-state index in [1.54, 1.807) is 11.3 Å². The Labute approximate surface area is 82.8 Å². The largest absolute Gasteiger partial charge is 0.344 e. The summed E-state index contributed by atoms with van der Waals surface area (Å²) in [6.45, 7) is 5.43. The molecule has 3 nitrogen and oxygen atoms in total. The van der Waals surface area contributed by atoms with Crippen LogP contribution in [0.15, 0.2) is 0 Å². The van der Waals surface area contributed by atoms with Crippen LogP contribution < -0.4 is 4.90 Å². The molecule has 0 aromatic carbocycles. The van der Waals surface area contributed by atoms with Crippen molar-refractivity contribution in [2.24, 2.45) is 0 Å². The second kappa shape index (κ2) is 3.62. The molecule has 13 heavy (non-hydrogen) atoms. The number of aryl methyl sites for hydroxylation is 1. The zero-order chi connectivity index (χ0) is 9.26. The third-order valence-corrected chi connectivity index (χ3v) is 3.44. The van der Waals surface area contributed by atoms with Crippen LogP contribution in [0.2, 0.25) is 0 Å². The quantitative estimate of drug-likeness (QED) is 0.691. The van der Waals surface area contributed by atoms with Crippen molar-refractivity contribution < 1.29 is 0 Å². The first kappa shape index (κ1) is 8.94. The first-order valence-electron chi connectivity index (χ1n) is 4.84. The molecule has 2 rings (SSSR count). The van der Waals surface area contributed by atoms with E-state index in [2.05, 4.69) is 22.0 Å². The first-order valence-corrected chi connectivity index (χ1v) is 5.66. The molecule has 0 aliphatic carbocycles. The lowest BCUT2D eigenvalue weighted by atomic mass is 10.1. The van der Waals surface area contributed by atoms with E-state index in [-0.39, 0.29) is 0 Å². The molecule has 1 aliphatic heterocycles. The van der Waals surface area contributed by atoms with Gasteiger partial charge in [-0.1, -0.05) is 11.3 Å². The minimum atomic E-state index is 0.640. The van der Waals surface area contributed by atoms with Gasteiger partial charge in [-0.3, -0.25) is 0 Å². The normalized spacial score (nSPS) is 23.5. The topological polar surface area (TPSA) is 29.0 Å². The van der Waals surface area contributed by atoms with Crippen molar-refractivity contribution in [3.05, 3.63) is 5.01 Å². The van der Waals surface area contributed by atoms with Gasteiger partial charge in [0.25, 0.3) is 0 Å². The fourth-order valence-electron chi connectivity index (χ4n) is 1.78. The third-order valence-electron chi connectivity index (χ3n) is 2.56. The van der Waals surface area contributed by atoms with Gasteiger partial charge in [-0.15, -0.1) is 10.2 Å². The number of anilines is 1. The molecule has 0 bridgehead atoms. The molecule has 0 spiro atoms. The lowest BCUT2D eigenvalue weighted by molar-refractivity contribution is 0.483. The Morgan fingerprint density at radius 3 is 2.85 bits per heavy atom. The first-order chi connectivity index (χ1) is 6.27. The molecule has 1 saturated heterocycles. The number of rotatable bonds is 1. The van der Waals surface area contributed by atoms with Crippen molar-refractivity contribution in [3.63, 3.8) is 0 Å². The van der Waals surface area contributed by atoms with Crippen molar-refractivity contribution >= 4 is 16.5 Å². The van der Waals surface area contributed by atoms with Gasteiger partial charge in [-0.05, 0) is 33.1 Å². The third kappa shape index (κ3) is 1.82. The standard InChI is InChI=1S/C9H15N3S/c1-7-5-3-4-6-12(7)9-11-10-8(2)13-9/h7H,3-6H2,1-2H3. The molecule has 1 atom stereocenters. The maximum atomic E-state index is 4.18. The summed E-state index contributed by atoms with van der Waals surface area (Å²) < 4.78 is 0. The van der Waals surface area contributed by atoms with Crippen LogP contribution in [0.3, 0.4) is 0 Å². The Morgan fingerprint density at radius 1 is 1.38 bits per heavy atom. The molecule has 0 radical (unpaired) electrons. The van der Waals surface area contributed by atoms with E-state index in [0.29, 0.717) is 6.04 Å². The van der Waals surface area contributed by atoms with Gasteiger partial charge in [-0.2, -0.15) is 0 Å². The molecule has 0 N–H and O–H groups in total. The van der Waals surface area contributed by atoms with Gasteiger partial charge >= 0.3 is 0 Å². The van der Waals surface area contributed by atoms with Crippen LogP contribution in [0.5, 0.6) is 0 Å². The molecule has 1 aromatic heterocycles. The second-order valence-electron chi connectivity index (χ2n) is 3.64. The summed E-state index contributed by atoms with van der Waals surface area (Å²) in [5.74, 6) is 0. The summed E-state index contributed by atoms with van der Waals surface area (Å²) in [4.78, 5) is 2.38. The summed E-state index contributed by atoms with van der Waals surface area (Å²) in [5, 5.41) is 10.4. The zero-order valence-corrected chi connectivity index (χ0v) is 8.97. The van der Waals surface area contributed by atoms with Gasteiger partial charge in [-0.25, -0.2) is 0 Å². The maximum Gasteiger partial charge on any atom is 0.208 e. The van der Waals surface area contributed by atoms with Crippen LogP contribution in [0.4, 0.5) is 5.13 Å². The van der Waals surface area contributed by atoms with E-state index in [1.807, 2.05) is 6.92 Å². The molecule has 4 heteroatoms. The number of piperidine rings is 1. The van der Waals surface area contributed by atoms with Gasteiger partial charge in [0.05, 0.1) is 0 Å². The summed E-state index contributed by atoms with van der Waals surface area (Å²) in [6, 6.07) is 0.640. The Bertz CT molecular complexity index is 284. The van der Waals surface area contributed by atoms with E-state index in [9.17, 15) is 0 Å². The van der Waals surface area contributed by atoms with Crippen LogP contribution in [0, 0.1) is 6.92 Å². The van der Waals surface area contributed by atoms with Gasteiger partial charge < -0.3 is 4.90 Å². The molecule has 1 aliphatic rings. The van der Waals surface area contributed by atoms with E-state index in [1.165, 1.54) is 19.3 Å². The number of hydrogen-bond donors (Lipinski definition) is 0. The number of nitrogens with zero attached hydrogens (tertiary/aromatic N) is 3. The lowest BCUT2D eigenvalue weighted by Gasteiger charge is -2.32. The van der Waals surface area contributed by atoms with Crippen molar-refractivity contribution in [2.45, 2.75) is 39.2 Å². The average molecular weight is 197 g/mol.